The Labute approximate surface area is 147 Å². The molecule has 118 valence electrons. The number of hydrogen-bond donors (Lipinski definition) is 0. The van der Waals surface area contributed by atoms with Crippen molar-refractivity contribution in [3.05, 3.63) is 78.9 Å². The van der Waals surface area contributed by atoms with E-state index >= 15 is 0 Å². The Morgan fingerprint density at radius 2 is 1.12 bits per heavy atom. The third kappa shape index (κ3) is 2.37. The van der Waals surface area contributed by atoms with Crippen molar-refractivity contribution in [3.8, 4) is 33.4 Å². The molecule has 0 saturated heterocycles. The van der Waals surface area contributed by atoms with Gasteiger partial charge in [0.05, 0.1) is 0 Å². The molecule has 25 heavy (non-hydrogen) atoms. The largest absolute Gasteiger partial charge is 0.870 e. The molecule has 4 aromatic carbocycles. The number of benzene rings is 4. The van der Waals surface area contributed by atoms with Crippen LogP contribution in [0.15, 0.2) is 78.9 Å². The molecule has 0 heterocycles. The van der Waals surface area contributed by atoms with Gasteiger partial charge in [-0.3, -0.25) is 0 Å². The van der Waals surface area contributed by atoms with Crippen LogP contribution in [0.4, 0.5) is 0 Å². The number of hydrogen-bond acceptors (Lipinski definition) is 2. The zero-order valence-corrected chi connectivity index (χ0v) is 13.5. The maximum absolute atomic E-state index is 5.98. The molecule has 0 fully saturated rings. The van der Waals surface area contributed by atoms with Crippen LogP contribution in [0.2, 0.25) is 0 Å². The molecule has 2 N–H and O–H groups in total. The Kier molecular flexibility index (Phi) is 4.21. The van der Waals surface area contributed by atoms with Crippen LogP contribution in [0.25, 0.3) is 44.2 Å². The van der Waals surface area contributed by atoms with Crippen molar-refractivity contribution in [1.29, 1.82) is 0 Å². The molecule has 0 bridgehead atoms. The Morgan fingerprint density at radius 1 is 0.520 bits per heavy atom. The van der Waals surface area contributed by atoms with E-state index in [-0.39, 0.29) is 11.0 Å². The van der Waals surface area contributed by atoms with E-state index in [0.717, 1.165) is 5.46 Å². The molecule has 4 aromatic rings. The summed E-state index contributed by atoms with van der Waals surface area (Å²) in [5.74, 6) is 0. The smallest absolute Gasteiger partial charge is 0.870 e. The Morgan fingerprint density at radius 3 is 1.84 bits per heavy atom. The Hall–Kier alpha value is -2.88. The van der Waals surface area contributed by atoms with Gasteiger partial charge in [0.15, 0.2) is 0 Å². The molecule has 5 rings (SSSR count). The second-order valence-electron chi connectivity index (χ2n) is 6.06. The summed E-state index contributed by atoms with van der Waals surface area (Å²) in [5.41, 5.74) is 8.54. The van der Waals surface area contributed by atoms with Crippen molar-refractivity contribution in [2.75, 3.05) is 0 Å². The number of fused-ring (bicyclic) bond motifs is 3. The molecule has 0 amide bonds. The van der Waals surface area contributed by atoms with Gasteiger partial charge in [0.2, 0.25) is 0 Å². The predicted octanol–water partition coefficient (Wildman–Crippen LogP) is 4.59. The summed E-state index contributed by atoms with van der Waals surface area (Å²) in [6, 6.07) is 27.8. The van der Waals surface area contributed by atoms with Gasteiger partial charge >= 0.3 is 136 Å². The fourth-order valence-electron chi connectivity index (χ4n) is 3.77. The van der Waals surface area contributed by atoms with E-state index < -0.39 is 0 Å². The second-order valence-corrected chi connectivity index (χ2v) is 6.06. The van der Waals surface area contributed by atoms with Crippen molar-refractivity contribution >= 4 is 24.1 Å². The fraction of sp³-hybridized carbons (Fsp3) is 0. The first-order valence-electron chi connectivity index (χ1n) is 7.84. The third-order valence-corrected chi connectivity index (χ3v) is 4.75. The maximum atomic E-state index is 5.98. The Balaban J connectivity index is 0.000000911. The summed E-state index contributed by atoms with van der Waals surface area (Å²) in [6.07, 6.45) is 0. The molecule has 0 saturated carbocycles. The van der Waals surface area contributed by atoms with Crippen LogP contribution in [-0.2, 0) is 0 Å². The summed E-state index contributed by atoms with van der Waals surface area (Å²) >= 11 is 0. The van der Waals surface area contributed by atoms with Gasteiger partial charge in [-0.1, -0.05) is 0 Å². The first-order valence-corrected chi connectivity index (χ1v) is 7.84. The SMILES string of the molecule is [B+2]c1cccc(-c2ccc3c4c(cccc24)-c2ccccc2-3)c1.[OH-].[OH-]. The van der Waals surface area contributed by atoms with Gasteiger partial charge in [-0.2, -0.15) is 0 Å². The van der Waals surface area contributed by atoms with Crippen molar-refractivity contribution < 1.29 is 11.0 Å². The minimum Gasteiger partial charge on any atom is -0.870 e. The molecule has 0 unspecified atom stereocenters. The van der Waals surface area contributed by atoms with Gasteiger partial charge < -0.3 is 11.0 Å². The van der Waals surface area contributed by atoms with Crippen molar-refractivity contribution in [1.82, 2.24) is 0 Å². The molecule has 0 aliphatic heterocycles. The molecule has 0 atom stereocenters. The molecule has 1 aliphatic carbocycles. The predicted molar refractivity (Wildman–Crippen MR) is 103 cm³/mol. The van der Waals surface area contributed by atoms with Crippen molar-refractivity contribution in [3.63, 3.8) is 0 Å². The van der Waals surface area contributed by atoms with Crippen molar-refractivity contribution in [2.45, 2.75) is 0 Å². The summed E-state index contributed by atoms with van der Waals surface area (Å²) in [6.45, 7) is 0. The van der Waals surface area contributed by atoms with Gasteiger partial charge in [0.25, 0.3) is 0 Å². The van der Waals surface area contributed by atoms with Gasteiger partial charge in [0.1, 0.15) is 0 Å². The fourth-order valence-corrected chi connectivity index (χ4v) is 3.77. The normalized spacial score (nSPS) is 10.8. The molecular formula is C22H15BO2. The summed E-state index contributed by atoms with van der Waals surface area (Å²) in [7, 11) is 5.98. The summed E-state index contributed by atoms with van der Waals surface area (Å²) in [4.78, 5) is 0. The second kappa shape index (κ2) is 6.21. The zero-order chi connectivity index (χ0) is 15.4. The van der Waals surface area contributed by atoms with Gasteiger partial charge in [-0.25, -0.2) is 0 Å². The first-order chi connectivity index (χ1) is 11.3. The summed E-state index contributed by atoms with van der Waals surface area (Å²) in [5, 5.41) is 2.65. The van der Waals surface area contributed by atoms with Crippen LogP contribution >= 0.6 is 0 Å². The van der Waals surface area contributed by atoms with Crippen LogP contribution < -0.4 is 5.46 Å². The summed E-state index contributed by atoms with van der Waals surface area (Å²) < 4.78 is 0. The van der Waals surface area contributed by atoms with E-state index in [0.29, 0.717) is 0 Å². The molecular weight excluding hydrogens is 307 g/mol. The maximum Gasteiger partial charge on any atom is -0.870 e. The number of rotatable bonds is 1. The van der Waals surface area contributed by atoms with Gasteiger partial charge in [0, 0.05) is 0 Å². The standard InChI is InChI=1S/C22H13B.2H2O/c23-15-6-3-5-14(13-15)16-11-12-21-18-8-2-1-7-17(18)20-10-4-9-19(16)22(20)21;;/h1-13H;2*1H2/q+2;;/p-2. The van der Waals surface area contributed by atoms with Crippen LogP contribution in [0.5, 0.6) is 0 Å². The van der Waals surface area contributed by atoms with Crippen molar-refractivity contribution in [2.24, 2.45) is 0 Å². The molecule has 0 aromatic heterocycles. The van der Waals surface area contributed by atoms with E-state index in [1.165, 1.54) is 44.2 Å². The van der Waals surface area contributed by atoms with Crippen LogP contribution in [-0.4, -0.2) is 18.8 Å². The van der Waals surface area contributed by atoms with Crippen LogP contribution in [0.3, 0.4) is 0 Å². The minimum atomic E-state index is 0. The molecule has 0 spiro atoms. The van der Waals surface area contributed by atoms with Gasteiger partial charge in [-0.05, 0) is 0 Å². The van der Waals surface area contributed by atoms with Crippen LogP contribution in [0.1, 0.15) is 0 Å². The zero-order valence-electron chi connectivity index (χ0n) is 13.5. The molecule has 1 aliphatic rings. The quantitative estimate of drug-likeness (QED) is 0.424. The van der Waals surface area contributed by atoms with E-state index in [1.54, 1.807) is 0 Å². The Bertz CT molecular complexity index is 1060. The van der Waals surface area contributed by atoms with E-state index in [4.69, 9.17) is 7.85 Å². The topological polar surface area (TPSA) is 60.0 Å². The van der Waals surface area contributed by atoms with Gasteiger partial charge in [-0.15, -0.1) is 0 Å². The molecule has 0 radical (unpaired) electrons. The first kappa shape index (κ1) is 17.0. The van der Waals surface area contributed by atoms with E-state index in [2.05, 4.69) is 60.7 Å². The van der Waals surface area contributed by atoms with E-state index in [1.807, 2.05) is 18.2 Å². The van der Waals surface area contributed by atoms with E-state index in [9.17, 15) is 0 Å². The van der Waals surface area contributed by atoms with Crippen LogP contribution in [0, 0.1) is 0 Å². The average Bonchev–Trinajstić information content (AvgIpc) is 2.92. The minimum absolute atomic E-state index is 0. The average molecular weight is 322 g/mol. The third-order valence-electron chi connectivity index (χ3n) is 4.75. The monoisotopic (exact) mass is 322 g/mol. The molecule has 3 heteroatoms. The molecule has 2 nitrogen and oxygen atoms in total.